The number of anilines is 2. The molecular weight excluding hydrogens is 544 g/mol. The lowest BCUT2D eigenvalue weighted by Crippen LogP contribution is -2.40. The summed E-state index contributed by atoms with van der Waals surface area (Å²) in [4.78, 5) is 60.4. The first-order chi connectivity index (χ1) is 20.1. The van der Waals surface area contributed by atoms with Crippen molar-refractivity contribution in [2.45, 2.75) is 45.7 Å². The number of nitrogens with zero attached hydrogens (tertiary/aromatic N) is 5. The van der Waals surface area contributed by atoms with E-state index in [9.17, 15) is 19.2 Å². The van der Waals surface area contributed by atoms with E-state index in [0.29, 0.717) is 53.4 Å². The summed E-state index contributed by atoms with van der Waals surface area (Å²) >= 11 is 0. The second kappa shape index (κ2) is 11.8. The van der Waals surface area contributed by atoms with Crippen molar-refractivity contribution in [2.75, 3.05) is 18.7 Å². The predicted octanol–water partition coefficient (Wildman–Crippen LogP) is 2.38. The van der Waals surface area contributed by atoms with Crippen LogP contribution in [0.2, 0.25) is 0 Å². The summed E-state index contributed by atoms with van der Waals surface area (Å²) in [6.45, 7) is 4.93. The van der Waals surface area contributed by atoms with Gasteiger partial charge in [0, 0.05) is 23.5 Å². The summed E-state index contributed by atoms with van der Waals surface area (Å²) in [5.74, 6) is -0.712. The van der Waals surface area contributed by atoms with Crippen LogP contribution in [0, 0.1) is 13.8 Å². The van der Waals surface area contributed by atoms with Crippen molar-refractivity contribution in [3.63, 3.8) is 0 Å². The highest BCUT2D eigenvalue weighted by molar-refractivity contribution is 6.11. The van der Waals surface area contributed by atoms with Crippen LogP contribution in [0.5, 0.6) is 0 Å². The van der Waals surface area contributed by atoms with Crippen molar-refractivity contribution < 1.29 is 28.7 Å². The van der Waals surface area contributed by atoms with Crippen LogP contribution < -0.4 is 16.4 Å². The van der Waals surface area contributed by atoms with Gasteiger partial charge in [-0.3, -0.25) is 19.4 Å². The first-order valence-corrected chi connectivity index (χ1v) is 13.3. The molecule has 0 spiro atoms. The number of esters is 1. The number of rotatable bonds is 8. The monoisotopic (exact) mass is 574 g/mol. The Bertz CT molecular complexity index is 1640. The van der Waals surface area contributed by atoms with Crippen LogP contribution in [0.15, 0.2) is 47.9 Å². The largest absolute Gasteiger partial charge is 0.427 e. The van der Waals surface area contributed by atoms with Gasteiger partial charge in [0.05, 0.1) is 12.1 Å². The molecule has 5 rings (SSSR count). The zero-order valence-electron chi connectivity index (χ0n) is 23.3. The van der Waals surface area contributed by atoms with Gasteiger partial charge in [0.1, 0.15) is 23.7 Å². The molecule has 1 saturated carbocycles. The number of imide groups is 1. The minimum atomic E-state index is -0.927. The number of aliphatic imine (C=N–C) groups is 1. The smallest absolute Gasteiger partial charge is 0.419 e. The van der Waals surface area contributed by atoms with Crippen LogP contribution in [-0.4, -0.2) is 74.6 Å². The van der Waals surface area contributed by atoms with Crippen molar-refractivity contribution in [1.82, 2.24) is 24.8 Å². The number of fused-ring (bicyclic) bond motifs is 1. The Hall–Kier alpha value is -5.11. The highest BCUT2D eigenvalue weighted by Gasteiger charge is 2.40. The molecule has 3 amide bonds. The number of aromatic nitrogens is 3. The number of nitrogens with two attached hydrogens (primary N) is 1. The Labute approximate surface area is 240 Å². The van der Waals surface area contributed by atoms with Crippen LogP contribution in [0.25, 0.3) is 5.52 Å². The second-order valence-corrected chi connectivity index (χ2v) is 9.99. The van der Waals surface area contributed by atoms with Gasteiger partial charge in [-0.25, -0.2) is 19.2 Å². The maximum absolute atomic E-state index is 13.6. The van der Waals surface area contributed by atoms with E-state index < -0.39 is 30.8 Å². The number of amidine groups is 1. The van der Waals surface area contributed by atoms with E-state index in [-0.39, 0.29) is 17.5 Å². The standard InChI is InChI=1S/C28H30N8O6/c1-15-6-7-18(25(37)34-22-5-4-10-30-22)11-21(15)33-24-23-16(2)20(12-35(23)32-13-31-24)26(38)36(19-8-9-19)28(40)42-14-41-27(39)17(3)29/h4-7,11-13,17,19H,8-10,14,29H2,1-3H3,(H,30,34,37)(H,31,32,33). The van der Waals surface area contributed by atoms with Gasteiger partial charge in [-0.1, -0.05) is 12.1 Å². The summed E-state index contributed by atoms with van der Waals surface area (Å²) in [5.41, 5.74) is 8.62. The van der Waals surface area contributed by atoms with Gasteiger partial charge in [0.15, 0.2) is 5.82 Å². The highest BCUT2D eigenvalue weighted by atomic mass is 16.7. The van der Waals surface area contributed by atoms with Crippen LogP contribution in [0.4, 0.5) is 16.3 Å². The number of amides is 3. The van der Waals surface area contributed by atoms with E-state index >= 15 is 0 Å². The fourth-order valence-corrected chi connectivity index (χ4v) is 4.33. The Kier molecular flexibility index (Phi) is 7.97. The third-order valence-corrected chi connectivity index (χ3v) is 6.78. The molecule has 0 saturated heterocycles. The molecule has 1 aromatic carbocycles. The molecular formula is C28H30N8O6. The Morgan fingerprint density at radius 2 is 1.98 bits per heavy atom. The molecule has 4 N–H and O–H groups in total. The van der Waals surface area contributed by atoms with Gasteiger partial charge in [0.25, 0.3) is 11.8 Å². The minimum Gasteiger partial charge on any atom is -0.427 e. The number of nitrogens with one attached hydrogen (secondary N) is 2. The van der Waals surface area contributed by atoms with Crippen molar-refractivity contribution in [2.24, 2.45) is 10.7 Å². The molecule has 42 heavy (non-hydrogen) atoms. The first kappa shape index (κ1) is 28.4. The second-order valence-electron chi connectivity index (χ2n) is 9.99. The molecule has 0 radical (unpaired) electrons. The third kappa shape index (κ3) is 5.98. The fraction of sp³-hybridized carbons (Fsp3) is 0.321. The summed E-state index contributed by atoms with van der Waals surface area (Å²) in [6, 6.07) is 4.02. The quantitative estimate of drug-likeness (QED) is 0.267. The predicted molar refractivity (Wildman–Crippen MR) is 151 cm³/mol. The summed E-state index contributed by atoms with van der Waals surface area (Å²) in [5, 5.41) is 10.3. The number of hydrogen-bond donors (Lipinski definition) is 3. The van der Waals surface area contributed by atoms with Crippen LogP contribution >= 0.6 is 0 Å². The molecule has 3 aromatic rings. The van der Waals surface area contributed by atoms with E-state index in [1.54, 1.807) is 25.1 Å². The van der Waals surface area contributed by atoms with Crippen molar-refractivity contribution in [1.29, 1.82) is 0 Å². The Morgan fingerprint density at radius 1 is 1.19 bits per heavy atom. The molecule has 2 aromatic heterocycles. The maximum Gasteiger partial charge on any atom is 0.419 e. The van der Waals surface area contributed by atoms with Crippen LogP contribution in [0.1, 0.15) is 51.6 Å². The van der Waals surface area contributed by atoms with Gasteiger partial charge in [-0.2, -0.15) is 5.10 Å². The molecule has 1 unspecified atom stereocenters. The van der Waals surface area contributed by atoms with Crippen molar-refractivity contribution in [3.8, 4) is 0 Å². The van der Waals surface area contributed by atoms with Gasteiger partial charge >= 0.3 is 12.1 Å². The van der Waals surface area contributed by atoms with E-state index in [1.165, 1.54) is 24.0 Å². The Balaban J connectivity index is 1.38. The third-order valence-electron chi connectivity index (χ3n) is 6.78. The highest BCUT2D eigenvalue weighted by Crippen LogP contribution is 2.32. The van der Waals surface area contributed by atoms with Gasteiger partial charge in [-0.15, -0.1) is 0 Å². The minimum absolute atomic E-state index is 0.227. The SMILES string of the molecule is Cc1ccc(C(=O)NC2=NCC=C2)cc1Nc1ncnn2cc(C(=O)N(C(=O)OCOC(=O)C(C)N)C3CC3)c(C)c12. The first-order valence-electron chi connectivity index (χ1n) is 13.3. The zero-order valence-corrected chi connectivity index (χ0v) is 23.3. The van der Waals surface area contributed by atoms with E-state index in [1.807, 2.05) is 19.1 Å². The molecule has 1 aliphatic heterocycles. The molecule has 2 aliphatic rings. The van der Waals surface area contributed by atoms with Gasteiger partial charge in [-0.05, 0) is 62.9 Å². The fourth-order valence-electron chi connectivity index (χ4n) is 4.33. The lowest BCUT2D eigenvalue weighted by Gasteiger charge is -2.20. The summed E-state index contributed by atoms with van der Waals surface area (Å²) in [7, 11) is 0. The molecule has 14 nitrogen and oxygen atoms in total. The number of hydrogen-bond acceptors (Lipinski definition) is 11. The van der Waals surface area contributed by atoms with Crippen LogP contribution in [-0.2, 0) is 14.3 Å². The molecule has 3 heterocycles. The van der Waals surface area contributed by atoms with E-state index in [4.69, 9.17) is 15.2 Å². The average Bonchev–Trinajstić information content (AvgIpc) is 3.53. The molecule has 1 atom stereocenters. The van der Waals surface area contributed by atoms with Crippen molar-refractivity contribution >= 4 is 46.7 Å². The zero-order chi connectivity index (χ0) is 30.0. The maximum atomic E-state index is 13.6. The van der Waals surface area contributed by atoms with E-state index in [0.717, 1.165) is 10.5 Å². The topological polar surface area (TPSA) is 183 Å². The molecule has 14 heteroatoms. The number of carbonyl (C=O) groups is 4. The number of carbonyl (C=O) groups excluding carboxylic acids is 4. The van der Waals surface area contributed by atoms with E-state index in [2.05, 4.69) is 25.7 Å². The molecule has 218 valence electrons. The molecule has 1 fully saturated rings. The lowest BCUT2D eigenvalue weighted by atomic mass is 10.1. The van der Waals surface area contributed by atoms with Crippen LogP contribution in [0.3, 0.4) is 0 Å². The summed E-state index contributed by atoms with van der Waals surface area (Å²) < 4.78 is 11.4. The number of aryl methyl sites for hydroxylation is 2. The Morgan fingerprint density at radius 3 is 2.67 bits per heavy atom. The molecule has 1 aliphatic carbocycles. The number of benzene rings is 1. The van der Waals surface area contributed by atoms with Gasteiger partial charge in [0.2, 0.25) is 6.79 Å². The van der Waals surface area contributed by atoms with Crippen molar-refractivity contribution in [3.05, 3.63) is 65.1 Å². The average molecular weight is 575 g/mol. The molecule has 0 bridgehead atoms. The normalized spacial score (nSPS) is 14.7. The lowest BCUT2D eigenvalue weighted by molar-refractivity contribution is -0.153. The summed E-state index contributed by atoms with van der Waals surface area (Å²) in [6.07, 6.45) is 6.79. The van der Waals surface area contributed by atoms with Gasteiger partial charge < -0.3 is 25.8 Å². The number of ether oxygens (including phenoxy) is 2.